The van der Waals surface area contributed by atoms with Gasteiger partial charge in [-0.2, -0.15) is 0 Å². The van der Waals surface area contributed by atoms with Crippen molar-refractivity contribution in [2.24, 2.45) is 5.10 Å². The predicted molar refractivity (Wildman–Crippen MR) is 96.2 cm³/mol. The standard InChI is InChI=1S/C17H15N5OS/c1-23-15-9-7-13(8-10-15)16-19-21(14-5-3-2-4-6-14)22(20-16)17-18-11-12-24-17/h2-12H,1H3,(H,19,20). The highest BCUT2D eigenvalue weighted by atomic mass is 32.1. The fourth-order valence-electron chi connectivity index (χ4n) is 2.36. The summed E-state index contributed by atoms with van der Waals surface area (Å²) < 4.78 is 5.21. The van der Waals surface area contributed by atoms with Crippen molar-refractivity contribution in [3.8, 4) is 5.75 Å². The quantitative estimate of drug-likeness (QED) is 0.792. The largest absolute Gasteiger partial charge is 0.497 e. The lowest BCUT2D eigenvalue weighted by Crippen LogP contribution is -2.44. The second-order valence-corrected chi connectivity index (χ2v) is 5.91. The molecule has 1 aromatic heterocycles. The van der Waals surface area contributed by atoms with Crippen molar-refractivity contribution >= 4 is 28.0 Å². The van der Waals surface area contributed by atoms with Crippen molar-refractivity contribution < 1.29 is 4.74 Å². The Labute approximate surface area is 143 Å². The first-order valence-electron chi connectivity index (χ1n) is 7.39. The minimum Gasteiger partial charge on any atom is -0.497 e. The number of ether oxygens (including phenoxy) is 1. The third-order valence-corrected chi connectivity index (χ3v) is 4.29. The Balaban J connectivity index is 1.70. The molecule has 1 aliphatic rings. The molecule has 0 bridgehead atoms. The van der Waals surface area contributed by atoms with Crippen molar-refractivity contribution in [1.29, 1.82) is 0 Å². The van der Waals surface area contributed by atoms with Crippen molar-refractivity contribution in [2.45, 2.75) is 0 Å². The van der Waals surface area contributed by atoms with Gasteiger partial charge in [-0.15, -0.1) is 26.7 Å². The number of nitrogens with zero attached hydrogens (tertiary/aromatic N) is 4. The molecule has 0 unspecified atom stereocenters. The zero-order valence-corrected chi connectivity index (χ0v) is 13.8. The van der Waals surface area contributed by atoms with Crippen LogP contribution in [0, 0.1) is 0 Å². The maximum absolute atomic E-state index is 5.21. The van der Waals surface area contributed by atoms with Crippen molar-refractivity contribution in [3.05, 3.63) is 71.7 Å². The van der Waals surface area contributed by atoms with E-state index in [1.807, 2.05) is 65.1 Å². The molecule has 0 saturated carbocycles. The van der Waals surface area contributed by atoms with Crippen LogP contribution in [0.25, 0.3) is 0 Å². The van der Waals surface area contributed by atoms with E-state index in [-0.39, 0.29) is 0 Å². The number of amidine groups is 1. The van der Waals surface area contributed by atoms with E-state index in [0.29, 0.717) is 0 Å². The summed E-state index contributed by atoms with van der Waals surface area (Å²) in [6.07, 6.45) is 1.77. The molecule has 0 fully saturated rings. The second-order valence-electron chi connectivity index (χ2n) is 5.04. The van der Waals surface area contributed by atoms with Gasteiger partial charge in [0.15, 0.2) is 5.84 Å². The van der Waals surface area contributed by atoms with Gasteiger partial charge in [-0.3, -0.25) is 5.43 Å². The molecule has 1 aliphatic heterocycles. The molecule has 0 atom stereocenters. The van der Waals surface area contributed by atoms with E-state index in [9.17, 15) is 0 Å². The summed E-state index contributed by atoms with van der Waals surface area (Å²) in [7, 11) is 1.65. The number of hydrazone groups is 1. The van der Waals surface area contributed by atoms with Gasteiger partial charge in [-0.1, -0.05) is 18.2 Å². The van der Waals surface area contributed by atoms with Crippen LogP contribution in [0.3, 0.4) is 0 Å². The van der Waals surface area contributed by atoms with Gasteiger partial charge in [0.25, 0.3) is 0 Å². The van der Waals surface area contributed by atoms with Crippen LogP contribution in [-0.4, -0.2) is 17.9 Å². The maximum atomic E-state index is 5.21. The highest BCUT2D eigenvalue weighted by Gasteiger charge is 2.27. The Hall–Kier alpha value is -3.06. The normalized spacial score (nSPS) is 13.6. The first-order chi connectivity index (χ1) is 11.8. The van der Waals surface area contributed by atoms with E-state index >= 15 is 0 Å². The number of hydrogen-bond acceptors (Lipinski definition) is 7. The molecule has 2 aromatic carbocycles. The predicted octanol–water partition coefficient (Wildman–Crippen LogP) is 3.26. The number of anilines is 2. The zero-order valence-electron chi connectivity index (χ0n) is 13.0. The Morgan fingerprint density at radius 2 is 1.83 bits per heavy atom. The van der Waals surface area contributed by atoms with E-state index in [0.717, 1.165) is 28.0 Å². The number of hydrogen-bond donors (Lipinski definition) is 1. The van der Waals surface area contributed by atoms with E-state index in [2.05, 4.69) is 10.4 Å². The molecule has 0 spiro atoms. The van der Waals surface area contributed by atoms with E-state index in [4.69, 9.17) is 9.84 Å². The number of benzene rings is 2. The lowest BCUT2D eigenvalue weighted by Gasteiger charge is -2.25. The molecular formula is C17H15N5OS. The third-order valence-electron chi connectivity index (χ3n) is 3.55. The summed E-state index contributed by atoms with van der Waals surface area (Å²) in [6.45, 7) is 0. The first-order valence-corrected chi connectivity index (χ1v) is 8.27. The van der Waals surface area contributed by atoms with Crippen molar-refractivity contribution in [1.82, 2.24) is 10.4 Å². The number of nitrogens with one attached hydrogen (secondary N) is 1. The lowest BCUT2D eigenvalue weighted by molar-refractivity contribution is 0.415. The summed E-state index contributed by atoms with van der Waals surface area (Å²) in [5.74, 6) is 1.56. The molecule has 0 saturated heterocycles. The number of para-hydroxylation sites is 1. The first kappa shape index (κ1) is 14.5. The lowest BCUT2D eigenvalue weighted by atomic mass is 10.2. The molecule has 7 heteroatoms. The van der Waals surface area contributed by atoms with Crippen molar-refractivity contribution in [3.63, 3.8) is 0 Å². The Morgan fingerprint density at radius 1 is 1.04 bits per heavy atom. The minimum absolute atomic E-state index is 0.747. The van der Waals surface area contributed by atoms with Gasteiger partial charge in [-0.05, 0) is 36.4 Å². The fraction of sp³-hybridized carbons (Fsp3) is 0.0588. The average molecular weight is 337 g/mol. The number of hydrazine groups is 2. The molecule has 1 N–H and O–H groups in total. The minimum atomic E-state index is 0.747. The second kappa shape index (κ2) is 6.21. The summed E-state index contributed by atoms with van der Waals surface area (Å²) in [4.78, 5) is 4.38. The Kier molecular flexibility index (Phi) is 3.76. The van der Waals surface area contributed by atoms with Gasteiger partial charge in [0.1, 0.15) is 5.75 Å². The van der Waals surface area contributed by atoms with Gasteiger partial charge in [0.2, 0.25) is 5.13 Å². The monoisotopic (exact) mass is 337 g/mol. The Bertz CT molecular complexity index is 833. The van der Waals surface area contributed by atoms with Crippen LogP contribution in [0.15, 0.2) is 71.3 Å². The van der Waals surface area contributed by atoms with Gasteiger partial charge in [0, 0.05) is 17.1 Å². The number of aromatic nitrogens is 1. The molecule has 0 aliphatic carbocycles. The van der Waals surface area contributed by atoms with Gasteiger partial charge < -0.3 is 4.74 Å². The van der Waals surface area contributed by atoms with Crippen LogP contribution < -0.4 is 20.4 Å². The number of methoxy groups -OCH3 is 1. The van der Waals surface area contributed by atoms with Crippen LogP contribution in [-0.2, 0) is 0 Å². The summed E-state index contributed by atoms with van der Waals surface area (Å²) in [5.41, 5.74) is 5.23. The molecule has 2 heterocycles. The van der Waals surface area contributed by atoms with Crippen LogP contribution in [0.4, 0.5) is 10.8 Å². The highest BCUT2D eigenvalue weighted by molar-refractivity contribution is 7.13. The van der Waals surface area contributed by atoms with Crippen LogP contribution in [0.5, 0.6) is 5.75 Å². The smallest absolute Gasteiger partial charge is 0.227 e. The molecule has 0 radical (unpaired) electrons. The van der Waals surface area contributed by atoms with Crippen molar-refractivity contribution in [2.75, 3.05) is 17.3 Å². The average Bonchev–Trinajstić information content (AvgIpc) is 3.32. The maximum Gasteiger partial charge on any atom is 0.227 e. The Morgan fingerprint density at radius 3 is 2.50 bits per heavy atom. The molecular weight excluding hydrogens is 322 g/mol. The molecule has 0 amide bonds. The zero-order chi connectivity index (χ0) is 16.4. The molecule has 120 valence electrons. The van der Waals surface area contributed by atoms with Crippen LogP contribution in [0.2, 0.25) is 0 Å². The molecule has 24 heavy (non-hydrogen) atoms. The van der Waals surface area contributed by atoms with Crippen LogP contribution in [0.1, 0.15) is 5.56 Å². The number of rotatable bonds is 4. The SMILES string of the molecule is COc1ccc(C2=NN(c3ccccc3)N(c3nccs3)N2)cc1. The molecule has 4 rings (SSSR count). The van der Waals surface area contributed by atoms with Gasteiger partial charge >= 0.3 is 0 Å². The van der Waals surface area contributed by atoms with E-state index in [1.54, 1.807) is 18.4 Å². The van der Waals surface area contributed by atoms with Gasteiger partial charge in [-0.25, -0.2) is 4.98 Å². The highest BCUT2D eigenvalue weighted by Crippen LogP contribution is 2.27. The van der Waals surface area contributed by atoms with E-state index in [1.165, 1.54) is 11.3 Å². The van der Waals surface area contributed by atoms with Gasteiger partial charge in [0.05, 0.1) is 12.8 Å². The molecule has 6 nitrogen and oxygen atoms in total. The summed E-state index contributed by atoms with van der Waals surface area (Å²) in [6, 6.07) is 17.7. The fourth-order valence-corrected chi connectivity index (χ4v) is 2.95. The topological polar surface area (TPSA) is 53.0 Å². The third kappa shape index (κ3) is 2.65. The summed E-state index contributed by atoms with van der Waals surface area (Å²) in [5, 5.41) is 11.1. The molecule has 3 aromatic rings. The number of thiazole rings is 1. The summed E-state index contributed by atoms with van der Waals surface area (Å²) >= 11 is 1.54. The van der Waals surface area contributed by atoms with E-state index < -0.39 is 0 Å². The van der Waals surface area contributed by atoms with Crippen LogP contribution >= 0.6 is 11.3 Å².